The minimum atomic E-state index is -4.13. The largest absolute Gasteiger partial charge is 0.390 e. The highest BCUT2D eigenvalue weighted by molar-refractivity contribution is 5.38. The van der Waals surface area contributed by atoms with E-state index in [0.717, 1.165) is 22.3 Å². The van der Waals surface area contributed by atoms with E-state index in [4.69, 9.17) is 0 Å². The van der Waals surface area contributed by atoms with Crippen LogP contribution in [-0.4, -0.2) is 18.8 Å². The molecular weight excluding hydrogens is 251 g/mol. The van der Waals surface area contributed by atoms with Crippen LogP contribution >= 0.6 is 0 Å². The Morgan fingerprint density at radius 1 is 1.11 bits per heavy atom. The Kier molecular flexibility index (Phi) is 5.41. The third kappa shape index (κ3) is 5.23. The van der Waals surface area contributed by atoms with Gasteiger partial charge in [-0.3, -0.25) is 0 Å². The molecule has 1 unspecified atom stereocenters. The average Bonchev–Trinajstić information content (AvgIpc) is 2.21. The fourth-order valence-corrected chi connectivity index (χ4v) is 2.56. The standard InChI is InChI=1S/C15H22F3N/c1-5-19-13(9-15(16,17)18)8-14-11(3)6-10(2)7-12(14)4/h6-7,13,19H,5,8-9H2,1-4H3. The van der Waals surface area contributed by atoms with Crippen molar-refractivity contribution in [3.8, 4) is 0 Å². The highest BCUT2D eigenvalue weighted by Gasteiger charge is 2.31. The Balaban J connectivity index is 2.90. The van der Waals surface area contributed by atoms with E-state index in [0.29, 0.717) is 13.0 Å². The molecule has 0 radical (unpaired) electrons. The molecule has 0 spiro atoms. The lowest BCUT2D eigenvalue weighted by Crippen LogP contribution is -2.35. The van der Waals surface area contributed by atoms with Gasteiger partial charge >= 0.3 is 6.18 Å². The molecule has 0 aliphatic carbocycles. The maximum atomic E-state index is 12.6. The highest BCUT2D eigenvalue weighted by atomic mass is 19.4. The minimum absolute atomic E-state index is 0.422. The van der Waals surface area contributed by atoms with E-state index < -0.39 is 18.6 Å². The van der Waals surface area contributed by atoms with Gasteiger partial charge in [0.15, 0.2) is 0 Å². The molecule has 0 aliphatic heterocycles. The molecule has 0 aromatic heterocycles. The zero-order valence-electron chi connectivity index (χ0n) is 12.0. The first-order chi connectivity index (χ1) is 8.73. The molecule has 4 heteroatoms. The lowest BCUT2D eigenvalue weighted by Gasteiger charge is -2.22. The van der Waals surface area contributed by atoms with Crippen molar-refractivity contribution < 1.29 is 13.2 Å². The molecule has 0 aliphatic rings. The smallest absolute Gasteiger partial charge is 0.314 e. The van der Waals surface area contributed by atoms with Crippen LogP contribution in [0.3, 0.4) is 0 Å². The molecule has 0 fully saturated rings. The summed E-state index contributed by atoms with van der Waals surface area (Å²) < 4.78 is 37.7. The normalized spacial score (nSPS) is 13.6. The number of halogens is 3. The Morgan fingerprint density at radius 2 is 1.63 bits per heavy atom. The molecule has 19 heavy (non-hydrogen) atoms. The van der Waals surface area contributed by atoms with Gasteiger partial charge in [-0.25, -0.2) is 0 Å². The van der Waals surface area contributed by atoms with Gasteiger partial charge in [0.25, 0.3) is 0 Å². The van der Waals surface area contributed by atoms with Crippen LogP contribution in [0, 0.1) is 20.8 Å². The van der Waals surface area contributed by atoms with Gasteiger partial charge in [-0.2, -0.15) is 13.2 Å². The molecule has 0 bridgehead atoms. The van der Waals surface area contributed by atoms with E-state index in [1.807, 2.05) is 39.8 Å². The van der Waals surface area contributed by atoms with Crippen molar-refractivity contribution in [2.45, 2.75) is 52.8 Å². The number of alkyl halides is 3. The number of nitrogens with one attached hydrogen (secondary N) is 1. The number of rotatable bonds is 5. The number of likely N-dealkylation sites (N-methyl/N-ethyl adjacent to an activating group) is 1. The van der Waals surface area contributed by atoms with Crippen molar-refractivity contribution in [2.24, 2.45) is 0 Å². The SMILES string of the molecule is CCNC(Cc1c(C)cc(C)cc1C)CC(F)(F)F. The number of aryl methyl sites for hydroxylation is 3. The van der Waals surface area contributed by atoms with Gasteiger partial charge in [-0.1, -0.05) is 24.6 Å². The van der Waals surface area contributed by atoms with Crippen molar-refractivity contribution in [1.82, 2.24) is 5.32 Å². The van der Waals surface area contributed by atoms with Crippen LogP contribution in [0.4, 0.5) is 13.2 Å². The summed E-state index contributed by atoms with van der Waals surface area (Å²) in [6.45, 7) is 8.31. The summed E-state index contributed by atoms with van der Waals surface area (Å²) >= 11 is 0. The van der Waals surface area contributed by atoms with Crippen LogP contribution in [0.1, 0.15) is 35.6 Å². The van der Waals surface area contributed by atoms with Gasteiger partial charge in [0.1, 0.15) is 0 Å². The van der Waals surface area contributed by atoms with E-state index in [-0.39, 0.29) is 0 Å². The van der Waals surface area contributed by atoms with Gasteiger partial charge in [0, 0.05) is 6.04 Å². The number of benzene rings is 1. The van der Waals surface area contributed by atoms with Gasteiger partial charge < -0.3 is 5.32 Å². The Morgan fingerprint density at radius 3 is 2.05 bits per heavy atom. The van der Waals surface area contributed by atoms with Gasteiger partial charge in [0.05, 0.1) is 6.42 Å². The van der Waals surface area contributed by atoms with Crippen LogP contribution < -0.4 is 5.32 Å². The van der Waals surface area contributed by atoms with Gasteiger partial charge in [-0.15, -0.1) is 0 Å². The molecule has 0 saturated carbocycles. The first-order valence-corrected chi connectivity index (χ1v) is 6.59. The van der Waals surface area contributed by atoms with Crippen LogP contribution in [0.15, 0.2) is 12.1 Å². The van der Waals surface area contributed by atoms with Gasteiger partial charge in [-0.05, 0) is 50.4 Å². The van der Waals surface area contributed by atoms with E-state index in [9.17, 15) is 13.2 Å². The number of hydrogen-bond acceptors (Lipinski definition) is 1. The molecule has 0 heterocycles. The quantitative estimate of drug-likeness (QED) is 0.852. The summed E-state index contributed by atoms with van der Waals surface area (Å²) in [6, 6.07) is 3.50. The first-order valence-electron chi connectivity index (χ1n) is 6.59. The summed E-state index contributed by atoms with van der Waals surface area (Å²) in [7, 11) is 0. The number of hydrogen-bond donors (Lipinski definition) is 1. The fraction of sp³-hybridized carbons (Fsp3) is 0.600. The summed E-state index contributed by atoms with van der Waals surface area (Å²) in [5.41, 5.74) is 4.32. The summed E-state index contributed by atoms with van der Waals surface area (Å²) in [6.07, 6.45) is -4.49. The van der Waals surface area contributed by atoms with Crippen molar-refractivity contribution >= 4 is 0 Å². The van der Waals surface area contributed by atoms with Crippen LogP contribution in [0.5, 0.6) is 0 Å². The van der Waals surface area contributed by atoms with E-state index in [1.165, 1.54) is 0 Å². The molecule has 0 amide bonds. The van der Waals surface area contributed by atoms with Crippen molar-refractivity contribution in [1.29, 1.82) is 0 Å². The second kappa shape index (κ2) is 6.42. The van der Waals surface area contributed by atoms with E-state index >= 15 is 0 Å². The zero-order chi connectivity index (χ0) is 14.6. The summed E-state index contributed by atoms with van der Waals surface area (Å²) in [5.74, 6) is 0. The van der Waals surface area contributed by atoms with Gasteiger partial charge in [0.2, 0.25) is 0 Å². The molecule has 1 aromatic rings. The maximum absolute atomic E-state index is 12.6. The Labute approximate surface area is 113 Å². The topological polar surface area (TPSA) is 12.0 Å². The molecule has 0 saturated heterocycles. The Hall–Kier alpha value is -1.03. The predicted octanol–water partition coefficient (Wildman–Crippen LogP) is 4.08. The lowest BCUT2D eigenvalue weighted by atomic mass is 9.93. The maximum Gasteiger partial charge on any atom is 0.390 e. The van der Waals surface area contributed by atoms with E-state index in [1.54, 1.807) is 0 Å². The van der Waals surface area contributed by atoms with Crippen molar-refractivity contribution in [3.05, 3.63) is 34.4 Å². The second-order valence-corrected chi connectivity index (χ2v) is 5.16. The molecule has 1 nitrogen and oxygen atoms in total. The highest BCUT2D eigenvalue weighted by Crippen LogP contribution is 2.25. The molecule has 108 valence electrons. The lowest BCUT2D eigenvalue weighted by molar-refractivity contribution is -0.139. The van der Waals surface area contributed by atoms with Crippen LogP contribution in [0.2, 0.25) is 0 Å². The molecule has 1 N–H and O–H groups in total. The summed E-state index contributed by atoms with van der Waals surface area (Å²) in [5, 5.41) is 2.94. The van der Waals surface area contributed by atoms with Crippen molar-refractivity contribution in [2.75, 3.05) is 6.54 Å². The second-order valence-electron chi connectivity index (χ2n) is 5.16. The molecule has 1 rings (SSSR count). The zero-order valence-corrected chi connectivity index (χ0v) is 12.0. The molecule has 1 atom stereocenters. The summed E-state index contributed by atoms with van der Waals surface area (Å²) in [4.78, 5) is 0. The minimum Gasteiger partial charge on any atom is -0.314 e. The molecular formula is C15H22F3N. The predicted molar refractivity (Wildman–Crippen MR) is 72.5 cm³/mol. The fourth-order valence-electron chi connectivity index (χ4n) is 2.56. The monoisotopic (exact) mass is 273 g/mol. The molecule has 1 aromatic carbocycles. The van der Waals surface area contributed by atoms with Crippen LogP contribution in [-0.2, 0) is 6.42 Å². The van der Waals surface area contributed by atoms with E-state index in [2.05, 4.69) is 5.32 Å². The third-order valence-electron chi connectivity index (χ3n) is 3.26. The van der Waals surface area contributed by atoms with Crippen molar-refractivity contribution in [3.63, 3.8) is 0 Å². The third-order valence-corrected chi connectivity index (χ3v) is 3.26. The van der Waals surface area contributed by atoms with Crippen LogP contribution in [0.25, 0.3) is 0 Å². The Bertz CT molecular complexity index is 401. The average molecular weight is 273 g/mol. The first kappa shape index (κ1) is 16.0.